The molecule has 0 radical (unpaired) electrons. The number of benzene rings is 2. The van der Waals surface area contributed by atoms with Crippen LogP contribution in [0.3, 0.4) is 0 Å². The number of rotatable bonds is 9. The van der Waals surface area contributed by atoms with Gasteiger partial charge in [-0.05, 0) is 11.1 Å². The van der Waals surface area contributed by atoms with Crippen molar-refractivity contribution in [2.45, 2.75) is 31.5 Å². The highest BCUT2D eigenvalue weighted by Gasteiger charge is 2.32. The number of carboxylic acids is 1. The van der Waals surface area contributed by atoms with E-state index >= 15 is 0 Å². The first-order valence-electron chi connectivity index (χ1n) is 8.53. The standard InChI is InChI=1S/C20H23N3O4/c21-16(12-18(24)25)20(27)23(13-15-9-5-2-6-10-15)17(19(22)26)11-14-7-3-1-4-8-14/h1-10,16-17H,11-13,21H2,(H2,22,26)(H,24,25)/t16-,17-/m0/s1. The summed E-state index contributed by atoms with van der Waals surface area (Å²) in [5.74, 6) is -2.49. The van der Waals surface area contributed by atoms with Crippen molar-refractivity contribution in [2.24, 2.45) is 11.5 Å². The summed E-state index contributed by atoms with van der Waals surface area (Å²) >= 11 is 0. The number of aliphatic carboxylic acids is 1. The molecule has 0 aromatic heterocycles. The molecule has 2 aromatic carbocycles. The molecular weight excluding hydrogens is 346 g/mol. The maximum Gasteiger partial charge on any atom is 0.305 e. The quantitative estimate of drug-likeness (QED) is 0.606. The van der Waals surface area contributed by atoms with Gasteiger partial charge in [-0.1, -0.05) is 60.7 Å². The van der Waals surface area contributed by atoms with Crippen LogP contribution >= 0.6 is 0 Å². The zero-order valence-corrected chi connectivity index (χ0v) is 14.8. The molecule has 7 heteroatoms. The van der Waals surface area contributed by atoms with Gasteiger partial charge in [0.2, 0.25) is 11.8 Å². The topological polar surface area (TPSA) is 127 Å². The summed E-state index contributed by atoms with van der Waals surface area (Å²) < 4.78 is 0. The van der Waals surface area contributed by atoms with Crippen LogP contribution in [0, 0.1) is 0 Å². The molecule has 2 rings (SSSR count). The maximum absolute atomic E-state index is 12.8. The summed E-state index contributed by atoms with van der Waals surface area (Å²) in [5, 5.41) is 8.94. The third-order valence-corrected chi connectivity index (χ3v) is 4.17. The number of nitrogens with two attached hydrogens (primary N) is 2. The summed E-state index contributed by atoms with van der Waals surface area (Å²) in [6.45, 7) is 0.105. The van der Waals surface area contributed by atoms with Gasteiger partial charge < -0.3 is 21.5 Å². The zero-order valence-electron chi connectivity index (χ0n) is 14.8. The Labute approximate surface area is 157 Å². The average molecular weight is 369 g/mol. The van der Waals surface area contributed by atoms with Gasteiger partial charge in [0.1, 0.15) is 6.04 Å². The maximum atomic E-state index is 12.8. The molecule has 5 N–H and O–H groups in total. The summed E-state index contributed by atoms with van der Waals surface area (Å²) in [5.41, 5.74) is 13.0. The second-order valence-corrected chi connectivity index (χ2v) is 6.26. The number of carbonyl (C=O) groups is 3. The van der Waals surface area contributed by atoms with Crippen molar-refractivity contribution in [3.63, 3.8) is 0 Å². The number of amides is 2. The van der Waals surface area contributed by atoms with Crippen LogP contribution in [0.15, 0.2) is 60.7 Å². The monoisotopic (exact) mass is 369 g/mol. The number of hydrogen-bond acceptors (Lipinski definition) is 4. The smallest absolute Gasteiger partial charge is 0.305 e. The van der Waals surface area contributed by atoms with E-state index in [9.17, 15) is 14.4 Å². The van der Waals surface area contributed by atoms with Gasteiger partial charge in [0.15, 0.2) is 0 Å². The van der Waals surface area contributed by atoms with Crippen LogP contribution in [0.5, 0.6) is 0 Å². The fourth-order valence-corrected chi connectivity index (χ4v) is 2.81. The lowest BCUT2D eigenvalue weighted by Gasteiger charge is -2.32. The van der Waals surface area contributed by atoms with Crippen LogP contribution in [0.1, 0.15) is 17.5 Å². The average Bonchev–Trinajstić information content (AvgIpc) is 2.65. The molecule has 7 nitrogen and oxygen atoms in total. The number of carbonyl (C=O) groups excluding carboxylic acids is 2. The lowest BCUT2D eigenvalue weighted by atomic mass is 10.0. The Kier molecular flexibility index (Phi) is 7.08. The predicted molar refractivity (Wildman–Crippen MR) is 100 cm³/mol. The molecule has 27 heavy (non-hydrogen) atoms. The Balaban J connectivity index is 2.33. The molecule has 0 saturated heterocycles. The SMILES string of the molecule is NC(=O)[C@H](Cc1ccccc1)N(Cc1ccccc1)C(=O)[C@@H](N)CC(=O)O. The lowest BCUT2D eigenvalue weighted by Crippen LogP contribution is -2.54. The van der Waals surface area contributed by atoms with Crippen molar-refractivity contribution in [3.8, 4) is 0 Å². The van der Waals surface area contributed by atoms with E-state index in [1.165, 1.54) is 4.90 Å². The van der Waals surface area contributed by atoms with Gasteiger partial charge in [-0.3, -0.25) is 14.4 Å². The number of nitrogens with zero attached hydrogens (tertiary/aromatic N) is 1. The molecule has 0 spiro atoms. The minimum Gasteiger partial charge on any atom is -0.481 e. The first-order valence-corrected chi connectivity index (χ1v) is 8.53. The van der Waals surface area contributed by atoms with Gasteiger partial charge in [0, 0.05) is 13.0 Å². The van der Waals surface area contributed by atoms with E-state index < -0.39 is 36.3 Å². The molecule has 142 valence electrons. The molecular formula is C20H23N3O4. The van der Waals surface area contributed by atoms with Gasteiger partial charge >= 0.3 is 5.97 Å². The minimum atomic E-state index is -1.26. The van der Waals surface area contributed by atoms with Crippen molar-refractivity contribution >= 4 is 17.8 Å². The zero-order chi connectivity index (χ0) is 19.8. The van der Waals surface area contributed by atoms with E-state index in [0.29, 0.717) is 0 Å². The van der Waals surface area contributed by atoms with Gasteiger partial charge in [0.05, 0.1) is 12.5 Å². The Morgan fingerprint density at radius 2 is 1.44 bits per heavy atom. The van der Waals surface area contributed by atoms with Crippen LogP contribution in [0.25, 0.3) is 0 Å². The van der Waals surface area contributed by atoms with E-state index in [1.54, 1.807) is 0 Å². The van der Waals surface area contributed by atoms with Crippen molar-refractivity contribution in [1.82, 2.24) is 4.90 Å². The second kappa shape index (κ2) is 9.49. The predicted octanol–water partition coefficient (Wildman–Crippen LogP) is 0.914. The van der Waals surface area contributed by atoms with Gasteiger partial charge in [-0.2, -0.15) is 0 Å². The highest BCUT2D eigenvalue weighted by atomic mass is 16.4. The highest BCUT2D eigenvalue weighted by Crippen LogP contribution is 2.15. The van der Waals surface area contributed by atoms with Gasteiger partial charge in [-0.25, -0.2) is 0 Å². The molecule has 0 unspecified atom stereocenters. The molecule has 0 saturated carbocycles. The molecule has 0 aliphatic heterocycles. The largest absolute Gasteiger partial charge is 0.481 e. The third-order valence-electron chi connectivity index (χ3n) is 4.17. The summed E-state index contributed by atoms with van der Waals surface area (Å²) in [4.78, 5) is 37.2. The van der Waals surface area contributed by atoms with Crippen LogP contribution in [0.4, 0.5) is 0 Å². The highest BCUT2D eigenvalue weighted by molar-refractivity contribution is 5.91. The molecule has 0 aliphatic rings. The summed E-state index contributed by atoms with van der Waals surface area (Å²) in [6.07, 6.45) is -0.310. The van der Waals surface area contributed by atoms with Crippen molar-refractivity contribution in [3.05, 3.63) is 71.8 Å². The molecule has 0 aliphatic carbocycles. The third kappa shape index (κ3) is 5.93. The van der Waals surface area contributed by atoms with Crippen LogP contribution in [-0.4, -0.2) is 39.9 Å². The molecule has 0 fully saturated rings. The first kappa shape index (κ1) is 20.1. The normalized spacial score (nSPS) is 12.8. The number of hydrogen-bond donors (Lipinski definition) is 3. The van der Waals surface area contributed by atoms with Crippen molar-refractivity contribution in [2.75, 3.05) is 0 Å². The molecule has 2 atom stereocenters. The van der Waals surface area contributed by atoms with Crippen LogP contribution in [0.2, 0.25) is 0 Å². The Bertz CT molecular complexity index is 780. The van der Waals surface area contributed by atoms with Crippen molar-refractivity contribution < 1.29 is 19.5 Å². The second-order valence-electron chi connectivity index (χ2n) is 6.26. The number of carboxylic acid groups (broad SMARTS) is 1. The van der Waals surface area contributed by atoms with Gasteiger partial charge in [0.25, 0.3) is 0 Å². The molecule has 0 heterocycles. The van der Waals surface area contributed by atoms with E-state index in [-0.39, 0.29) is 13.0 Å². The fourth-order valence-electron chi connectivity index (χ4n) is 2.81. The minimum absolute atomic E-state index is 0.105. The Morgan fingerprint density at radius 1 is 0.926 bits per heavy atom. The van der Waals surface area contributed by atoms with Gasteiger partial charge in [-0.15, -0.1) is 0 Å². The molecule has 2 amide bonds. The number of primary amides is 1. The lowest BCUT2D eigenvalue weighted by molar-refractivity contribution is -0.145. The van der Waals surface area contributed by atoms with Crippen LogP contribution < -0.4 is 11.5 Å². The van der Waals surface area contributed by atoms with E-state index in [1.807, 2.05) is 60.7 Å². The summed E-state index contributed by atoms with van der Waals surface area (Å²) in [6, 6.07) is 16.0. The van der Waals surface area contributed by atoms with E-state index in [0.717, 1.165) is 11.1 Å². The Morgan fingerprint density at radius 3 is 1.93 bits per heavy atom. The fraction of sp³-hybridized carbons (Fsp3) is 0.250. The first-order chi connectivity index (χ1) is 12.9. The molecule has 0 bridgehead atoms. The molecule has 2 aromatic rings. The van der Waals surface area contributed by atoms with E-state index in [2.05, 4.69) is 0 Å². The van der Waals surface area contributed by atoms with Crippen molar-refractivity contribution in [1.29, 1.82) is 0 Å². The van der Waals surface area contributed by atoms with Crippen LogP contribution in [-0.2, 0) is 27.3 Å². The Hall–Kier alpha value is -3.19. The van der Waals surface area contributed by atoms with E-state index in [4.69, 9.17) is 16.6 Å². The summed E-state index contributed by atoms with van der Waals surface area (Å²) in [7, 11) is 0.